The van der Waals surface area contributed by atoms with Gasteiger partial charge in [0.2, 0.25) is 0 Å². The fraction of sp³-hybridized carbons (Fsp3) is 0.333. The number of halogens is 6. The summed E-state index contributed by atoms with van der Waals surface area (Å²) in [4.78, 5) is 2.30. The van der Waals surface area contributed by atoms with E-state index in [0.29, 0.717) is 5.02 Å². The minimum atomic E-state index is -4.68. The molecule has 0 aromatic heterocycles. The van der Waals surface area contributed by atoms with Crippen molar-refractivity contribution in [2.45, 2.75) is 12.4 Å². The molecule has 2 aromatic rings. The van der Waals surface area contributed by atoms with Gasteiger partial charge in [0.1, 0.15) is 5.75 Å². The molecule has 27 heavy (non-hydrogen) atoms. The first-order valence-corrected chi connectivity index (χ1v) is 8.36. The fourth-order valence-corrected chi connectivity index (χ4v) is 3.18. The SMILES string of the molecule is Cl.Cl.FC(F)(F)Oc1ccc([C@H](c2ccc(Cl)cc2)N2CCNCC2)cc1. The third-order valence-corrected chi connectivity index (χ3v) is 4.38. The van der Waals surface area contributed by atoms with Crippen LogP contribution in [0.15, 0.2) is 48.5 Å². The predicted octanol–water partition coefficient (Wildman–Crippen LogP) is 5.08. The molecule has 0 saturated carbocycles. The summed E-state index contributed by atoms with van der Waals surface area (Å²) in [5.41, 5.74) is 1.97. The van der Waals surface area contributed by atoms with Crippen molar-refractivity contribution in [3.05, 3.63) is 64.7 Å². The van der Waals surface area contributed by atoms with Crippen LogP contribution >= 0.6 is 36.4 Å². The van der Waals surface area contributed by atoms with Gasteiger partial charge in [-0.15, -0.1) is 38.0 Å². The van der Waals surface area contributed by atoms with Crippen molar-refractivity contribution in [1.29, 1.82) is 0 Å². The minimum Gasteiger partial charge on any atom is -0.406 e. The van der Waals surface area contributed by atoms with Crippen molar-refractivity contribution in [3.63, 3.8) is 0 Å². The summed E-state index contributed by atoms with van der Waals surface area (Å²) >= 11 is 5.98. The van der Waals surface area contributed by atoms with E-state index in [9.17, 15) is 13.2 Å². The lowest BCUT2D eigenvalue weighted by molar-refractivity contribution is -0.274. The van der Waals surface area contributed by atoms with Gasteiger partial charge in [-0.25, -0.2) is 0 Å². The van der Waals surface area contributed by atoms with Crippen LogP contribution in [0.5, 0.6) is 5.75 Å². The van der Waals surface area contributed by atoms with Gasteiger partial charge >= 0.3 is 6.36 Å². The monoisotopic (exact) mass is 442 g/mol. The molecule has 0 spiro atoms. The van der Waals surface area contributed by atoms with Crippen molar-refractivity contribution in [3.8, 4) is 5.75 Å². The highest BCUT2D eigenvalue weighted by molar-refractivity contribution is 6.30. The number of alkyl halides is 3. The molecule has 1 aliphatic heterocycles. The van der Waals surface area contributed by atoms with E-state index in [-0.39, 0.29) is 36.6 Å². The Kier molecular flexibility index (Phi) is 9.18. The average Bonchev–Trinajstić information content (AvgIpc) is 2.58. The van der Waals surface area contributed by atoms with Gasteiger partial charge < -0.3 is 10.1 Å². The van der Waals surface area contributed by atoms with E-state index < -0.39 is 6.36 Å². The van der Waals surface area contributed by atoms with Gasteiger partial charge in [-0.3, -0.25) is 4.90 Å². The normalized spacial score (nSPS) is 16.0. The van der Waals surface area contributed by atoms with Crippen molar-refractivity contribution in [2.75, 3.05) is 26.2 Å². The van der Waals surface area contributed by atoms with E-state index in [1.165, 1.54) is 12.1 Å². The maximum absolute atomic E-state index is 12.3. The van der Waals surface area contributed by atoms with Gasteiger partial charge in [0.25, 0.3) is 0 Å². The Morgan fingerprint density at radius 1 is 0.889 bits per heavy atom. The van der Waals surface area contributed by atoms with Crippen LogP contribution in [0.3, 0.4) is 0 Å². The molecular weight excluding hydrogens is 424 g/mol. The third-order valence-electron chi connectivity index (χ3n) is 4.13. The predicted molar refractivity (Wildman–Crippen MR) is 105 cm³/mol. The van der Waals surface area contributed by atoms with E-state index in [0.717, 1.165) is 37.3 Å². The quantitative estimate of drug-likeness (QED) is 0.713. The largest absolute Gasteiger partial charge is 0.573 e. The van der Waals surface area contributed by atoms with Gasteiger partial charge in [0, 0.05) is 31.2 Å². The summed E-state index contributed by atoms with van der Waals surface area (Å²) in [6.45, 7) is 3.46. The molecule has 2 aromatic carbocycles. The van der Waals surface area contributed by atoms with Gasteiger partial charge in [-0.05, 0) is 35.4 Å². The average molecular weight is 444 g/mol. The molecule has 0 unspecified atom stereocenters. The number of hydrogen-bond donors (Lipinski definition) is 1. The van der Waals surface area contributed by atoms with Crippen LogP contribution in [0.4, 0.5) is 13.2 Å². The standard InChI is InChI=1S/C18H18ClF3N2O.2ClH/c19-15-5-1-13(2-6-15)17(24-11-9-23-10-12-24)14-3-7-16(8-4-14)25-18(20,21)22;;/h1-8,17,23H,9-12H2;2*1H/t17-;;/m0../s1. The molecule has 3 rings (SSSR count). The van der Waals surface area contributed by atoms with Crippen LogP contribution < -0.4 is 10.1 Å². The number of benzene rings is 2. The lowest BCUT2D eigenvalue weighted by Gasteiger charge is -2.35. The Bertz CT molecular complexity index is 690. The minimum absolute atomic E-state index is 0. The van der Waals surface area contributed by atoms with E-state index in [2.05, 4.69) is 15.0 Å². The fourth-order valence-electron chi connectivity index (χ4n) is 3.05. The Hall–Kier alpha value is -1.18. The van der Waals surface area contributed by atoms with Gasteiger partial charge in [-0.1, -0.05) is 35.9 Å². The lowest BCUT2D eigenvalue weighted by atomic mass is 9.96. The first-order chi connectivity index (χ1) is 11.9. The molecule has 1 fully saturated rings. The van der Waals surface area contributed by atoms with Crippen molar-refractivity contribution in [2.24, 2.45) is 0 Å². The molecule has 1 N–H and O–H groups in total. The third kappa shape index (κ3) is 6.73. The molecule has 0 amide bonds. The van der Waals surface area contributed by atoms with Crippen LogP contribution in [0, 0.1) is 0 Å². The molecule has 0 radical (unpaired) electrons. The number of nitrogens with zero attached hydrogens (tertiary/aromatic N) is 1. The molecule has 1 atom stereocenters. The first-order valence-electron chi connectivity index (χ1n) is 7.98. The molecule has 150 valence electrons. The first kappa shape index (κ1) is 23.9. The zero-order valence-electron chi connectivity index (χ0n) is 14.2. The van der Waals surface area contributed by atoms with Gasteiger partial charge in [-0.2, -0.15) is 0 Å². The number of hydrogen-bond acceptors (Lipinski definition) is 3. The Labute approximate surface area is 173 Å². The molecule has 1 heterocycles. The van der Waals surface area contributed by atoms with Crippen molar-refractivity contribution in [1.82, 2.24) is 10.2 Å². The zero-order valence-corrected chi connectivity index (χ0v) is 16.6. The second kappa shape index (κ2) is 10.4. The summed E-state index contributed by atoms with van der Waals surface area (Å²) < 4.78 is 41.0. The van der Waals surface area contributed by atoms with Crippen molar-refractivity contribution >= 4 is 36.4 Å². The molecule has 3 nitrogen and oxygen atoms in total. The van der Waals surface area contributed by atoms with E-state index in [1.54, 1.807) is 12.1 Å². The number of piperazine rings is 1. The summed E-state index contributed by atoms with van der Waals surface area (Å²) in [6, 6.07) is 13.6. The molecule has 9 heteroatoms. The molecule has 0 aliphatic carbocycles. The van der Waals surface area contributed by atoms with Crippen LogP contribution in [-0.4, -0.2) is 37.4 Å². The van der Waals surface area contributed by atoms with E-state index in [1.807, 2.05) is 24.3 Å². The highest BCUT2D eigenvalue weighted by Gasteiger charge is 2.31. The van der Waals surface area contributed by atoms with Crippen LogP contribution in [0.25, 0.3) is 0 Å². The smallest absolute Gasteiger partial charge is 0.406 e. The van der Waals surface area contributed by atoms with Crippen LogP contribution in [0.1, 0.15) is 17.2 Å². The molecule has 0 bridgehead atoms. The summed E-state index contributed by atoms with van der Waals surface area (Å²) in [7, 11) is 0. The van der Waals surface area contributed by atoms with Crippen LogP contribution in [0.2, 0.25) is 5.02 Å². The zero-order chi connectivity index (χ0) is 17.9. The van der Waals surface area contributed by atoms with Crippen LogP contribution in [-0.2, 0) is 0 Å². The molecule has 1 aliphatic rings. The Balaban J connectivity index is 0.00000182. The molecular formula is C18H20Cl3F3N2O. The highest BCUT2D eigenvalue weighted by Crippen LogP contribution is 2.32. The van der Waals surface area contributed by atoms with E-state index >= 15 is 0 Å². The molecule has 1 saturated heterocycles. The lowest BCUT2D eigenvalue weighted by Crippen LogP contribution is -2.45. The maximum Gasteiger partial charge on any atom is 0.573 e. The van der Waals surface area contributed by atoms with Gasteiger partial charge in [0.05, 0.1) is 6.04 Å². The summed E-state index contributed by atoms with van der Waals surface area (Å²) in [5.74, 6) is -0.216. The maximum atomic E-state index is 12.3. The number of ether oxygens (including phenoxy) is 1. The van der Waals surface area contributed by atoms with E-state index in [4.69, 9.17) is 11.6 Å². The van der Waals surface area contributed by atoms with Crippen molar-refractivity contribution < 1.29 is 17.9 Å². The Morgan fingerprint density at radius 2 is 1.37 bits per heavy atom. The number of nitrogens with one attached hydrogen (secondary N) is 1. The topological polar surface area (TPSA) is 24.5 Å². The summed E-state index contributed by atoms with van der Waals surface area (Å²) in [5, 5.41) is 3.96. The summed E-state index contributed by atoms with van der Waals surface area (Å²) in [6.07, 6.45) is -4.68. The number of rotatable bonds is 4. The second-order valence-electron chi connectivity index (χ2n) is 5.86. The highest BCUT2D eigenvalue weighted by atomic mass is 35.5. The Morgan fingerprint density at radius 3 is 1.85 bits per heavy atom. The van der Waals surface area contributed by atoms with Gasteiger partial charge in [0.15, 0.2) is 0 Å². The second-order valence-corrected chi connectivity index (χ2v) is 6.29.